The molecule has 40 heavy (non-hydrogen) atoms. The van der Waals surface area contributed by atoms with Crippen LogP contribution in [-0.2, 0) is 9.59 Å². The zero-order valence-electron chi connectivity index (χ0n) is 24.0. The Morgan fingerprint density at radius 2 is 1.57 bits per heavy atom. The van der Waals surface area contributed by atoms with Crippen LogP contribution in [0.15, 0.2) is 66.7 Å². The van der Waals surface area contributed by atoms with Gasteiger partial charge in [0.05, 0.1) is 25.5 Å². The molecule has 0 radical (unpaired) electrons. The van der Waals surface area contributed by atoms with Crippen LogP contribution >= 0.6 is 0 Å². The molecular weight excluding hydrogens is 506 g/mol. The summed E-state index contributed by atoms with van der Waals surface area (Å²) in [5.74, 6) is 0.884. The second-order valence-electron chi connectivity index (χ2n) is 10.8. The summed E-state index contributed by atoms with van der Waals surface area (Å²) in [6, 6.07) is 20.7. The summed E-state index contributed by atoms with van der Waals surface area (Å²) in [5, 5.41) is 7.90. The van der Waals surface area contributed by atoms with Crippen LogP contribution in [0.5, 0.6) is 17.4 Å². The Morgan fingerprint density at radius 3 is 2.17 bits per heavy atom. The van der Waals surface area contributed by atoms with E-state index in [-0.39, 0.29) is 17.2 Å². The molecule has 4 aromatic rings. The Balaban J connectivity index is 1.89. The monoisotopic (exact) mass is 541 g/mol. The summed E-state index contributed by atoms with van der Waals surface area (Å²) in [4.78, 5) is 24.8. The maximum absolute atomic E-state index is 12.5. The number of methoxy groups -OCH3 is 2. The SMILES string of the molecule is COc1ccc(-c2nn(-c3cccc(C)c3)c(OC(C)=O)c2-c2ccc(NC(=O)CC(C)(C)C)cc2)cc1OC. The van der Waals surface area contributed by atoms with E-state index in [0.29, 0.717) is 34.9 Å². The molecule has 1 aromatic heterocycles. The average Bonchev–Trinajstić information content (AvgIpc) is 3.26. The topological polar surface area (TPSA) is 91.7 Å². The third kappa shape index (κ3) is 6.51. The van der Waals surface area contributed by atoms with E-state index in [9.17, 15) is 9.59 Å². The van der Waals surface area contributed by atoms with E-state index >= 15 is 0 Å². The second kappa shape index (κ2) is 11.7. The van der Waals surface area contributed by atoms with Crippen LogP contribution in [0.3, 0.4) is 0 Å². The van der Waals surface area contributed by atoms with Crippen LogP contribution in [-0.4, -0.2) is 35.9 Å². The first-order valence-corrected chi connectivity index (χ1v) is 13.0. The van der Waals surface area contributed by atoms with Crippen molar-refractivity contribution in [1.82, 2.24) is 9.78 Å². The molecule has 1 heterocycles. The summed E-state index contributed by atoms with van der Waals surface area (Å²) < 4.78 is 18.4. The Hall–Kier alpha value is -4.59. The molecule has 0 bridgehead atoms. The van der Waals surface area contributed by atoms with Gasteiger partial charge in [-0.3, -0.25) is 9.59 Å². The lowest BCUT2D eigenvalue weighted by Gasteiger charge is -2.17. The minimum absolute atomic E-state index is 0.0564. The molecule has 0 atom stereocenters. The van der Waals surface area contributed by atoms with Gasteiger partial charge in [-0.25, -0.2) is 0 Å². The van der Waals surface area contributed by atoms with Gasteiger partial charge in [-0.15, -0.1) is 0 Å². The van der Waals surface area contributed by atoms with Gasteiger partial charge in [-0.2, -0.15) is 9.78 Å². The number of hydrogen-bond donors (Lipinski definition) is 1. The van der Waals surface area contributed by atoms with Crippen LogP contribution in [0.25, 0.3) is 28.1 Å². The van der Waals surface area contributed by atoms with Gasteiger partial charge in [0.25, 0.3) is 0 Å². The molecule has 0 aliphatic carbocycles. The molecule has 1 amide bonds. The lowest BCUT2D eigenvalue weighted by Crippen LogP contribution is -2.19. The fraction of sp³-hybridized carbons (Fsp3) is 0.281. The summed E-state index contributed by atoms with van der Waals surface area (Å²) in [7, 11) is 3.15. The molecule has 4 rings (SSSR count). The summed E-state index contributed by atoms with van der Waals surface area (Å²) in [6.45, 7) is 9.41. The maximum Gasteiger partial charge on any atom is 0.309 e. The molecule has 0 aliphatic rings. The van der Waals surface area contributed by atoms with Crippen molar-refractivity contribution < 1.29 is 23.8 Å². The fourth-order valence-electron chi connectivity index (χ4n) is 4.42. The standard InChI is InChI=1S/C32H35N3O5/c1-20-9-8-10-25(17-20)35-31(40-21(2)36)29(30(34-35)23-13-16-26(38-6)27(18-23)39-7)22-11-14-24(15-12-22)33-28(37)19-32(3,4)5/h8-18H,19H2,1-7H3,(H,33,37). The van der Waals surface area contributed by atoms with Crippen molar-refractivity contribution in [1.29, 1.82) is 0 Å². The first kappa shape index (κ1) is 28.4. The number of rotatable bonds is 8. The van der Waals surface area contributed by atoms with Crippen molar-refractivity contribution in [3.63, 3.8) is 0 Å². The molecule has 0 unspecified atom stereocenters. The number of esters is 1. The number of aromatic nitrogens is 2. The van der Waals surface area contributed by atoms with E-state index < -0.39 is 5.97 Å². The van der Waals surface area contributed by atoms with Crippen molar-refractivity contribution in [2.75, 3.05) is 19.5 Å². The summed E-state index contributed by atoms with van der Waals surface area (Å²) in [5.41, 5.74) is 5.04. The molecule has 0 fully saturated rings. The average molecular weight is 542 g/mol. The molecule has 1 N–H and O–H groups in total. The molecule has 0 aliphatic heterocycles. The molecular formula is C32H35N3O5. The second-order valence-corrected chi connectivity index (χ2v) is 10.8. The number of benzene rings is 3. The smallest absolute Gasteiger partial charge is 0.309 e. The Bertz CT molecular complexity index is 1530. The first-order chi connectivity index (χ1) is 19.0. The number of anilines is 1. The lowest BCUT2D eigenvalue weighted by molar-refractivity contribution is -0.132. The van der Waals surface area contributed by atoms with Gasteiger partial charge in [0.1, 0.15) is 5.69 Å². The molecule has 3 aromatic carbocycles. The highest BCUT2D eigenvalue weighted by atomic mass is 16.5. The van der Waals surface area contributed by atoms with Gasteiger partial charge >= 0.3 is 5.97 Å². The van der Waals surface area contributed by atoms with Crippen molar-refractivity contribution in [2.45, 2.75) is 41.0 Å². The molecule has 8 heteroatoms. The van der Waals surface area contributed by atoms with Gasteiger partial charge in [0, 0.05) is 24.6 Å². The lowest BCUT2D eigenvalue weighted by atomic mass is 9.92. The minimum atomic E-state index is -0.472. The zero-order valence-corrected chi connectivity index (χ0v) is 24.0. The summed E-state index contributed by atoms with van der Waals surface area (Å²) >= 11 is 0. The Kier molecular flexibility index (Phi) is 8.28. The summed E-state index contributed by atoms with van der Waals surface area (Å²) in [6.07, 6.45) is 0.401. The third-order valence-corrected chi connectivity index (χ3v) is 6.13. The maximum atomic E-state index is 12.5. The van der Waals surface area contributed by atoms with Crippen molar-refractivity contribution in [2.24, 2.45) is 5.41 Å². The van der Waals surface area contributed by atoms with Gasteiger partial charge in [-0.1, -0.05) is 45.0 Å². The van der Waals surface area contributed by atoms with Crippen LogP contribution < -0.4 is 19.5 Å². The Morgan fingerprint density at radius 1 is 0.900 bits per heavy atom. The normalized spacial score (nSPS) is 11.2. The number of amides is 1. The third-order valence-electron chi connectivity index (χ3n) is 6.13. The Labute approximate surface area is 234 Å². The fourth-order valence-corrected chi connectivity index (χ4v) is 4.42. The molecule has 0 saturated heterocycles. The number of carbonyl (C=O) groups excluding carboxylic acids is 2. The van der Waals surface area contributed by atoms with Crippen LogP contribution in [0, 0.1) is 12.3 Å². The van der Waals surface area contributed by atoms with Crippen LogP contribution in [0.1, 0.15) is 39.7 Å². The molecule has 208 valence electrons. The van der Waals surface area contributed by atoms with Gasteiger partial charge in [-0.05, 0) is 65.9 Å². The number of hydrogen-bond acceptors (Lipinski definition) is 6. The van der Waals surface area contributed by atoms with E-state index in [1.807, 2.05) is 94.4 Å². The van der Waals surface area contributed by atoms with E-state index in [0.717, 1.165) is 22.4 Å². The van der Waals surface area contributed by atoms with Crippen LogP contribution in [0.2, 0.25) is 0 Å². The van der Waals surface area contributed by atoms with E-state index in [4.69, 9.17) is 19.3 Å². The number of ether oxygens (including phenoxy) is 3. The molecule has 8 nitrogen and oxygen atoms in total. The largest absolute Gasteiger partial charge is 0.493 e. The number of aryl methyl sites for hydroxylation is 1. The number of carbonyl (C=O) groups is 2. The first-order valence-electron chi connectivity index (χ1n) is 13.0. The number of nitrogens with zero attached hydrogens (tertiary/aromatic N) is 2. The highest BCUT2D eigenvalue weighted by Crippen LogP contribution is 2.43. The van der Waals surface area contributed by atoms with Crippen molar-refractivity contribution >= 4 is 17.6 Å². The van der Waals surface area contributed by atoms with E-state index in [1.165, 1.54) is 6.92 Å². The highest BCUT2D eigenvalue weighted by molar-refractivity contribution is 5.92. The quantitative estimate of drug-likeness (QED) is 0.246. The highest BCUT2D eigenvalue weighted by Gasteiger charge is 2.25. The van der Waals surface area contributed by atoms with Gasteiger partial charge in [0.2, 0.25) is 11.8 Å². The zero-order chi connectivity index (χ0) is 29.0. The predicted octanol–water partition coefficient (Wildman–Crippen LogP) is 6.83. The minimum Gasteiger partial charge on any atom is -0.493 e. The van der Waals surface area contributed by atoms with E-state index in [1.54, 1.807) is 18.9 Å². The van der Waals surface area contributed by atoms with Gasteiger partial charge in [0.15, 0.2) is 11.5 Å². The van der Waals surface area contributed by atoms with E-state index in [2.05, 4.69) is 5.32 Å². The predicted molar refractivity (Wildman–Crippen MR) is 156 cm³/mol. The molecule has 0 saturated carbocycles. The van der Waals surface area contributed by atoms with Crippen molar-refractivity contribution in [3.05, 3.63) is 72.3 Å². The van der Waals surface area contributed by atoms with Crippen LogP contribution in [0.4, 0.5) is 5.69 Å². The van der Waals surface area contributed by atoms with Gasteiger partial charge < -0.3 is 19.5 Å². The number of nitrogens with one attached hydrogen (secondary N) is 1. The molecule has 0 spiro atoms. The van der Waals surface area contributed by atoms with Crippen molar-refractivity contribution in [3.8, 4) is 45.5 Å².